The van der Waals surface area contributed by atoms with Gasteiger partial charge in [0, 0.05) is 35.6 Å². The molecule has 0 atom stereocenters. The molecule has 6 heteroatoms. The molecule has 0 N–H and O–H groups in total. The van der Waals surface area contributed by atoms with Gasteiger partial charge in [0.15, 0.2) is 5.65 Å². The number of aromatic nitrogens is 3. The Kier molecular flexibility index (Phi) is 8.37. The van der Waals surface area contributed by atoms with Crippen molar-refractivity contribution in [3.63, 3.8) is 0 Å². The van der Waals surface area contributed by atoms with Crippen LogP contribution in [0.4, 0.5) is 4.39 Å². The van der Waals surface area contributed by atoms with E-state index >= 15 is 0 Å². The van der Waals surface area contributed by atoms with Gasteiger partial charge in [-0.25, -0.2) is 9.50 Å². The van der Waals surface area contributed by atoms with E-state index in [0.29, 0.717) is 19.5 Å². The topological polar surface area (TPSA) is 50.5 Å². The molecule has 172 valence electrons. The van der Waals surface area contributed by atoms with Gasteiger partial charge in [0.2, 0.25) is 5.91 Å². The summed E-state index contributed by atoms with van der Waals surface area (Å²) in [7, 11) is 0. The van der Waals surface area contributed by atoms with Gasteiger partial charge in [-0.05, 0) is 58.6 Å². The minimum atomic E-state index is -0.222. The summed E-state index contributed by atoms with van der Waals surface area (Å²) in [5, 5.41) is 4.86. The van der Waals surface area contributed by atoms with E-state index in [-0.39, 0.29) is 19.0 Å². The lowest BCUT2D eigenvalue weighted by Crippen LogP contribution is -2.31. The molecule has 0 unspecified atom stereocenters. The van der Waals surface area contributed by atoms with Crippen molar-refractivity contribution in [1.29, 1.82) is 0 Å². The smallest absolute Gasteiger partial charge is 0.227 e. The van der Waals surface area contributed by atoms with Crippen LogP contribution in [0, 0.1) is 13.8 Å². The second kappa shape index (κ2) is 11.2. The minimum absolute atomic E-state index is 0.0945. The number of carbonyl (C=O) groups is 1. The van der Waals surface area contributed by atoms with E-state index in [1.807, 2.05) is 43.2 Å². The molecule has 1 aromatic carbocycles. The van der Waals surface area contributed by atoms with Crippen LogP contribution in [0.15, 0.2) is 30.3 Å². The molecule has 3 aromatic rings. The Hall–Kier alpha value is -2.76. The quantitative estimate of drug-likeness (QED) is 0.372. The van der Waals surface area contributed by atoms with E-state index < -0.39 is 0 Å². The van der Waals surface area contributed by atoms with Crippen LogP contribution in [0.2, 0.25) is 0 Å². The maximum atomic E-state index is 13.0. The summed E-state index contributed by atoms with van der Waals surface area (Å²) in [5.74, 6) is 0.0945. The van der Waals surface area contributed by atoms with Gasteiger partial charge in [0.05, 0.1) is 18.8 Å². The number of carbonyl (C=O) groups excluding carboxylic acids is 1. The number of benzene rings is 1. The van der Waals surface area contributed by atoms with Crippen LogP contribution in [0.3, 0.4) is 0 Å². The Bertz CT molecular complexity index is 1040. The lowest BCUT2D eigenvalue weighted by molar-refractivity contribution is -0.130. The maximum absolute atomic E-state index is 13.0. The monoisotopic (exact) mass is 438 g/mol. The van der Waals surface area contributed by atoms with Crippen LogP contribution in [0.1, 0.15) is 62.0 Å². The molecule has 0 aliphatic rings. The lowest BCUT2D eigenvalue weighted by atomic mass is 10.0. The molecule has 3 rings (SSSR count). The molecule has 0 aliphatic heterocycles. The molecule has 0 radical (unpaired) electrons. The van der Waals surface area contributed by atoms with Crippen molar-refractivity contribution < 1.29 is 9.18 Å². The summed E-state index contributed by atoms with van der Waals surface area (Å²) in [6.07, 6.45) is 5.01. The van der Waals surface area contributed by atoms with Gasteiger partial charge in [-0.1, -0.05) is 37.1 Å². The third kappa shape index (κ3) is 5.53. The van der Waals surface area contributed by atoms with Crippen molar-refractivity contribution >= 4 is 11.6 Å². The number of hydrogen-bond acceptors (Lipinski definition) is 3. The maximum Gasteiger partial charge on any atom is 0.227 e. The second-order valence-electron chi connectivity index (χ2n) is 8.39. The number of rotatable bonds is 11. The van der Waals surface area contributed by atoms with Gasteiger partial charge in [-0.2, -0.15) is 5.10 Å². The summed E-state index contributed by atoms with van der Waals surface area (Å²) in [4.78, 5) is 19.5. The lowest BCUT2D eigenvalue weighted by Gasteiger charge is -2.18. The molecule has 5 nitrogen and oxygen atoms in total. The summed E-state index contributed by atoms with van der Waals surface area (Å²) in [5.41, 5.74) is 6.64. The van der Waals surface area contributed by atoms with E-state index in [1.54, 1.807) is 0 Å². The second-order valence-corrected chi connectivity index (χ2v) is 8.39. The van der Waals surface area contributed by atoms with Gasteiger partial charge in [0.1, 0.15) is 0 Å². The number of amides is 1. The highest BCUT2D eigenvalue weighted by molar-refractivity contribution is 5.84. The molecule has 0 saturated heterocycles. The van der Waals surface area contributed by atoms with Crippen molar-refractivity contribution in [3.05, 3.63) is 52.8 Å². The molecule has 0 spiro atoms. The Balaban J connectivity index is 1.91. The first-order chi connectivity index (χ1) is 15.5. The van der Waals surface area contributed by atoms with Crippen molar-refractivity contribution in [1.82, 2.24) is 19.5 Å². The molecular formula is C26H35FN4O. The summed E-state index contributed by atoms with van der Waals surface area (Å²) < 4.78 is 14.1. The molecule has 1 amide bonds. The van der Waals surface area contributed by atoms with Gasteiger partial charge in [0.25, 0.3) is 0 Å². The molecule has 0 saturated carbocycles. The fraction of sp³-hybridized carbons (Fsp3) is 0.500. The molecular weight excluding hydrogens is 403 g/mol. The fourth-order valence-electron chi connectivity index (χ4n) is 4.21. The van der Waals surface area contributed by atoms with Crippen molar-refractivity contribution in [2.75, 3.05) is 19.8 Å². The highest BCUT2D eigenvalue weighted by Gasteiger charge is 2.21. The van der Waals surface area contributed by atoms with E-state index in [9.17, 15) is 9.18 Å². The SMILES string of the molecule is CCN(CC)C(=O)Cc1c(-c2ccc(CCCCCCF)cc2)nn2c(C)cc(C)nc12. The van der Waals surface area contributed by atoms with Crippen LogP contribution in [0.25, 0.3) is 16.9 Å². The molecule has 2 heterocycles. The third-order valence-electron chi connectivity index (χ3n) is 6.01. The third-order valence-corrected chi connectivity index (χ3v) is 6.01. The van der Waals surface area contributed by atoms with Crippen LogP contribution in [-0.4, -0.2) is 45.2 Å². The highest BCUT2D eigenvalue weighted by atomic mass is 19.1. The largest absolute Gasteiger partial charge is 0.343 e. The van der Waals surface area contributed by atoms with Crippen LogP contribution < -0.4 is 0 Å². The first-order valence-electron chi connectivity index (χ1n) is 11.8. The van der Waals surface area contributed by atoms with E-state index in [4.69, 9.17) is 10.1 Å². The average molecular weight is 439 g/mol. The van der Waals surface area contributed by atoms with Gasteiger partial charge >= 0.3 is 0 Å². The van der Waals surface area contributed by atoms with E-state index in [2.05, 4.69) is 24.3 Å². The first kappa shape index (κ1) is 23.9. The average Bonchev–Trinajstić information content (AvgIpc) is 3.13. The minimum Gasteiger partial charge on any atom is -0.343 e. The fourth-order valence-corrected chi connectivity index (χ4v) is 4.21. The normalized spacial score (nSPS) is 11.3. The zero-order chi connectivity index (χ0) is 23.1. The zero-order valence-corrected chi connectivity index (χ0v) is 19.8. The van der Waals surface area contributed by atoms with Crippen molar-refractivity contribution in [2.24, 2.45) is 0 Å². The Labute approximate surface area is 190 Å². The van der Waals surface area contributed by atoms with Gasteiger partial charge in [-0.3, -0.25) is 9.18 Å². The predicted octanol–water partition coefficient (Wildman–Crippen LogP) is 5.50. The van der Waals surface area contributed by atoms with Crippen LogP contribution >= 0.6 is 0 Å². The number of nitrogens with zero attached hydrogens (tertiary/aromatic N) is 4. The predicted molar refractivity (Wildman–Crippen MR) is 128 cm³/mol. The van der Waals surface area contributed by atoms with Crippen LogP contribution in [0.5, 0.6) is 0 Å². The van der Waals surface area contributed by atoms with Crippen molar-refractivity contribution in [3.8, 4) is 11.3 Å². The Morgan fingerprint density at radius 2 is 1.72 bits per heavy atom. The number of aryl methyl sites for hydroxylation is 3. The summed E-state index contributed by atoms with van der Waals surface area (Å²) in [6, 6.07) is 10.5. The van der Waals surface area contributed by atoms with Crippen molar-refractivity contribution in [2.45, 2.75) is 66.2 Å². The standard InChI is InChI=1S/C26H35FN4O/c1-5-30(6-2)24(32)18-23-25(29-31-20(4)17-19(3)28-26(23)31)22-14-12-21(13-15-22)11-9-7-8-10-16-27/h12-15,17H,5-11,16,18H2,1-4H3. The summed E-state index contributed by atoms with van der Waals surface area (Å²) >= 11 is 0. The summed E-state index contributed by atoms with van der Waals surface area (Å²) in [6.45, 7) is 9.15. The highest BCUT2D eigenvalue weighted by Crippen LogP contribution is 2.28. The number of halogens is 1. The number of likely N-dealkylation sites (N-methyl/N-ethyl adjacent to an activating group) is 1. The van der Waals surface area contributed by atoms with Gasteiger partial charge < -0.3 is 4.90 Å². The molecule has 32 heavy (non-hydrogen) atoms. The Morgan fingerprint density at radius 1 is 1.03 bits per heavy atom. The zero-order valence-electron chi connectivity index (χ0n) is 19.8. The van der Waals surface area contributed by atoms with Gasteiger partial charge in [-0.15, -0.1) is 0 Å². The van der Waals surface area contributed by atoms with Crippen LogP contribution in [-0.2, 0) is 17.6 Å². The van der Waals surface area contributed by atoms with E-state index in [0.717, 1.165) is 59.5 Å². The number of hydrogen-bond donors (Lipinski definition) is 0. The number of fused-ring (bicyclic) bond motifs is 1. The Morgan fingerprint density at radius 3 is 2.38 bits per heavy atom. The molecule has 0 bridgehead atoms. The number of alkyl halides is 1. The van der Waals surface area contributed by atoms with E-state index in [1.165, 1.54) is 5.56 Å². The molecule has 2 aromatic heterocycles. The molecule has 0 aliphatic carbocycles. The number of unbranched alkanes of at least 4 members (excludes halogenated alkanes) is 3. The first-order valence-corrected chi connectivity index (χ1v) is 11.8. The molecule has 0 fully saturated rings.